The predicted molar refractivity (Wildman–Crippen MR) is 75.5 cm³/mol. The summed E-state index contributed by atoms with van der Waals surface area (Å²) in [6.07, 6.45) is 3.45. The topological polar surface area (TPSA) is 30.5 Å². The van der Waals surface area contributed by atoms with E-state index in [-0.39, 0.29) is 5.75 Å². The minimum Gasteiger partial charge on any atom is -0.493 e. The van der Waals surface area contributed by atoms with Crippen molar-refractivity contribution in [2.24, 2.45) is 0 Å². The Bertz CT molecular complexity index is 399. The van der Waals surface area contributed by atoms with Gasteiger partial charge in [0.05, 0.1) is 7.11 Å². The molecule has 1 aromatic rings. The molecule has 1 aromatic carbocycles. The van der Waals surface area contributed by atoms with Crippen LogP contribution < -0.4 is 14.8 Å². The second-order valence-electron chi connectivity index (χ2n) is 4.79. The van der Waals surface area contributed by atoms with E-state index in [2.05, 4.69) is 23.9 Å². The van der Waals surface area contributed by atoms with E-state index in [1.165, 1.54) is 20.0 Å². The van der Waals surface area contributed by atoms with Crippen molar-refractivity contribution in [3.63, 3.8) is 0 Å². The molecule has 0 aliphatic heterocycles. The smallest absolute Gasteiger partial charge is 0.387 e. The average Bonchev–Trinajstić information content (AvgIpc) is 2.42. The van der Waals surface area contributed by atoms with E-state index < -0.39 is 6.61 Å². The second-order valence-corrected chi connectivity index (χ2v) is 4.79. The summed E-state index contributed by atoms with van der Waals surface area (Å²) in [4.78, 5) is 0. The van der Waals surface area contributed by atoms with Crippen molar-refractivity contribution >= 4 is 0 Å². The Balaban J connectivity index is 2.62. The fraction of sp³-hybridized carbons (Fsp3) is 0.600. The summed E-state index contributed by atoms with van der Waals surface area (Å²) in [7, 11) is 1.43. The Morgan fingerprint density at radius 3 is 2.60 bits per heavy atom. The predicted octanol–water partition coefficient (Wildman–Crippen LogP) is 3.96. The number of nitrogens with one attached hydrogen (secondary N) is 1. The van der Waals surface area contributed by atoms with Gasteiger partial charge in [-0.1, -0.05) is 25.8 Å². The van der Waals surface area contributed by atoms with Crippen molar-refractivity contribution in [3.8, 4) is 11.5 Å². The Morgan fingerprint density at radius 2 is 2.00 bits per heavy atom. The maximum absolute atomic E-state index is 12.3. The molecule has 0 saturated heterocycles. The first kappa shape index (κ1) is 16.7. The molecule has 20 heavy (non-hydrogen) atoms. The molecule has 114 valence electrons. The van der Waals surface area contributed by atoms with E-state index in [0.29, 0.717) is 18.3 Å². The minimum atomic E-state index is -2.85. The number of ether oxygens (including phenoxy) is 2. The summed E-state index contributed by atoms with van der Waals surface area (Å²) in [6.45, 7) is 2.05. The van der Waals surface area contributed by atoms with Crippen LogP contribution in [-0.4, -0.2) is 19.8 Å². The Morgan fingerprint density at radius 1 is 1.25 bits per heavy atom. The van der Waals surface area contributed by atoms with Crippen molar-refractivity contribution in [3.05, 3.63) is 23.8 Å². The van der Waals surface area contributed by atoms with Crippen LogP contribution in [-0.2, 0) is 6.54 Å². The summed E-state index contributed by atoms with van der Waals surface area (Å²) in [5, 5.41) is 3.37. The fourth-order valence-corrected chi connectivity index (χ4v) is 1.92. The number of hydrogen-bond acceptors (Lipinski definition) is 3. The first-order valence-corrected chi connectivity index (χ1v) is 6.92. The van der Waals surface area contributed by atoms with E-state index in [1.807, 2.05) is 6.07 Å². The third-order valence-electron chi connectivity index (χ3n) is 3.09. The molecule has 1 rings (SSSR count). The SMILES string of the molecule is CCCCC(C)NCc1ccc(OC)c(OC(F)F)c1. The summed E-state index contributed by atoms with van der Waals surface area (Å²) >= 11 is 0. The monoisotopic (exact) mass is 287 g/mol. The van der Waals surface area contributed by atoms with Gasteiger partial charge < -0.3 is 14.8 Å². The largest absolute Gasteiger partial charge is 0.493 e. The first-order valence-electron chi connectivity index (χ1n) is 6.92. The number of rotatable bonds is 9. The second kappa shape index (κ2) is 8.74. The zero-order chi connectivity index (χ0) is 15.0. The van der Waals surface area contributed by atoms with Crippen LogP contribution in [0.1, 0.15) is 38.7 Å². The van der Waals surface area contributed by atoms with Crippen molar-refractivity contribution < 1.29 is 18.3 Å². The van der Waals surface area contributed by atoms with E-state index in [1.54, 1.807) is 12.1 Å². The Kier molecular flexibility index (Phi) is 7.30. The van der Waals surface area contributed by atoms with Crippen LogP contribution in [0.2, 0.25) is 0 Å². The van der Waals surface area contributed by atoms with Crippen molar-refractivity contribution in [2.45, 2.75) is 52.3 Å². The summed E-state index contributed by atoms with van der Waals surface area (Å²) < 4.78 is 34.1. The molecular weight excluding hydrogens is 264 g/mol. The molecule has 0 heterocycles. The molecule has 1 atom stereocenters. The molecule has 0 spiro atoms. The van der Waals surface area contributed by atoms with Gasteiger partial charge in [-0.15, -0.1) is 0 Å². The molecule has 0 aromatic heterocycles. The number of alkyl halides is 2. The normalized spacial score (nSPS) is 12.5. The average molecular weight is 287 g/mol. The Labute approximate surface area is 119 Å². The van der Waals surface area contributed by atoms with Crippen LogP contribution in [0.15, 0.2) is 18.2 Å². The number of methoxy groups -OCH3 is 1. The lowest BCUT2D eigenvalue weighted by Gasteiger charge is -2.15. The molecule has 3 nitrogen and oxygen atoms in total. The molecule has 0 fully saturated rings. The zero-order valence-corrected chi connectivity index (χ0v) is 12.3. The van der Waals surface area contributed by atoms with Gasteiger partial charge in [-0.05, 0) is 31.0 Å². The van der Waals surface area contributed by atoms with Crippen LogP contribution in [0, 0.1) is 0 Å². The lowest BCUT2D eigenvalue weighted by molar-refractivity contribution is -0.0512. The first-order chi connectivity index (χ1) is 9.56. The van der Waals surface area contributed by atoms with Gasteiger partial charge >= 0.3 is 6.61 Å². The van der Waals surface area contributed by atoms with Crippen LogP contribution in [0.5, 0.6) is 11.5 Å². The minimum absolute atomic E-state index is 0.0722. The van der Waals surface area contributed by atoms with Gasteiger partial charge in [0.1, 0.15) is 0 Å². The van der Waals surface area contributed by atoms with E-state index >= 15 is 0 Å². The summed E-state index contributed by atoms with van der Waals surface area (Å²) in [5.41, 5.74) is 0.893. The molecule has 1 unspecified atom stereocenters. The van der Waals surface area contributed by atoms with Gasteiger partial charge in [-0.3, -0.25) is 0 Å². The lowest BCUT2D eigenvalue weighted by atomic mass is 10.1. The Hall–Kier alpha value is -1.36. The number of hydrogen-bond donors (Lipinski definition) is 1. The van der Waals surface area contributed by atoms with E-state index in [4.69, 9.17) is 4.74 Å². The van der Waals surface area contributed by atoms with Crippen molar-refractivity contribution in [1.29, 1.82) is 0 Å². The van der Waals surface area contributed by atoms with Gasteiger partial charge in [-0.2, -0.15) is 8.78 Å². The molecule has 0 bridgehead atoms. The van der Waals surface area contributed by atoms with Gasteiger partial charge in [-0.25, -0.2) is 0 Å². The highest BCUT2D eigenvalue weighted by atomic mass is 19.3. The van der Waals surface area contributed by atoms with Crippen molar-refractivity contribution in [2.75, 3.05) is 7.11 Å². The molecule has 0 saturated carbocycles. The summed E-state index contributed by atoms with van der Waals surface area (Å²) in [6, 6.07) is 5.48. The molecule has 5 heteroatoms. The molecule has 0 radical (unpaired) electrons. The quantitative estimate of drug-likeness (QED) is 0.745. The van der Waals surface area contributed by atoms with Crippen LogP contribution in [0.4, 0.5) is 8.78 Å². The molecular formula is C15H23F2NO2. The molecule has 1 N–H and O–H groups in total. The van der Waals surface area contributed by atoms with E-state index in [9.17, 15) is 8.78 Å². The number of unbranched alkanes of at least 4 members (excludes halogenated alkanes) is 1. The summed E-state index contributed by atoms with van der Waals surface area (Å²) in [5.74, 6) is 0.385. The maximum Gasteiger partial charge on any atom is 0.387 e. The third kappa shape index (κ3) is 5.74. The van der Waals surface area contributed by atoms with Crippen LogP contribution >= 0.6 is 0 Å². The number of halogens is 2. The van der Waals surface area contributed by atoms with Crippen LogP contribution in [0.25, 0.3) is 0 Å². The van der Waals surface area contributed by atoms with Crippen LogP contribution in [0.3, 0.4) is 0 Å². The lowest BCUT2D eigenvalue weighted by Crippen LogP contribution is -2.25. The molecule has 0 aliphatic rings. The molecule has 0 amide bonds. The van der Waals surface area contributed by atoms with Gasteiger partial charge in [0.15, 0.2) is 11.5 Å². The van der Waals surface area contributed by atoms with E-state index in [0.717, 1.165) is 12.0 Å². The fourth-order valence-electron chi connectivity index (χ4n) is 1.92. The van der Waals surface area contributed by atoms with Gasteiger partial charge in [0.2, 0.25) is 0 Å². The highest BCUT2D eigenvalue weighted by molar-refractivity contribution is 5.42. The van der Waals surface area contributed by atoms with Gasteiger partial charge in [0.25, 0.3) is 0 Å². The van der Waals surface area contributed by atoms with Gasteiger partial charge in [0, 0.05) is 12.6 Å². The van der Waals surface area contributed by atoms with Crippen molar-refractivity contribution in [1.82, 2.24) is 5.32 Å². The third-order valence-corrected chi connectivity index (χ3v) is 3.09. The highest BCUT2D eigenvalue weighted by Gasteiger charge is 2.11. The maximum atomic E-state index is 12.3. The zero-order valence-electron chi connectivity index (χ0n) is 12.3. The number of benzene rings is 1. The highest BCUT2D eigenvalue weighted by Crippen LogP contribution is 2.29. The molecule has 0 aliphatic carbocycles. The standard InChI is InChI=1S/C15H23F2NO2/c1-4-5-6-11(2)18-10-12-7-8-13(19-3)14(9-12)20-15(16)17/h7-9,11,15,18H,4-6,10H2,1-3H3.